The standard InChI is InChI=1S/C8H15N.CH5N/c1-6(2)9-4-7-3-8(7)5-9;1-2/h6-8H,3-5H2,1-2H3;2H2,1H3. The molecule has 1 aliphatic heterocycles. The van der Waals surface area contributed by atoms with Crippen molar-refractivity contribution in [3.63, 3.8) is 0 Å². The first kappa shape index (κ1) is 9.01. The van der Waals surface area contributed by atoms with E-state index in [4.69, 9.17) is 0 Å². The number of rotatable bonds is 1. The molecule has 0 aromatic heterocycles. The molecule has 0 bridgehead atoms. The van der Waals surface area contributed by atoms with Crippen LogP contribution in [0.15, 0.2) is 0 Å². The minimum absolute atomic E-state index is 0.790. The molecule has 2 atom stereocenters. The van der Waals surface area contributed by atoms with E-state index in [9.17, 15) is 0 Å². The Morgan fingerprint density at radius 3 is 1.91 bits per heavy atom. The quantitative estimate of drug-likeness (QED) is 0.612. The minimum atomic E-state index is 0.790. The Morgan fingerprint density at radius 1 is 1.18 bits per heavy atom. The lowest BCUT2D eigenvalue weighted by molar-refractivity contribution is 0.248. The molecular weight excluding hydrogens is 136 g/mol. The van der Waals surface area contributed by atoms with Crippen LogP contribution in [0.1, 0.15) is 20.3 Å². The number of hydrogen-bond donors (Lipinski definition) is 1. The smallest absolute Gasteiger partial charge is 0.00388 e. The summed E-state index contributed by atoms with van der Waals surface area (Å²) in [7, 11) is 1.50. The number of hydrogen-bond acceptors (Lipinski definition) is 2. The van der Waals surface area contributed by atoms with Gasteiger partial charge in [0.25, 0.3) is 0 Å². The highest BCUT2D eigenvalue weighted by molar-refractivity contribution is 4.97. The topological polar surface area (TPSA) is 29.3 Å². The average molecular weight is 156 g/mol. The fraction of sp³-hybridized carbons (Fsp3) is 1.00. The largest absolute Gasteiger partial charge is 0.333 e. The zero-order valence-electron chi connectivity index (χ0n) is 7.88. The lowest BCUT2D eigenvalue weighted by atomic mass is 10.3. The third-order valence-electron chi connectivity index (χ3n) is 2.74. The lowest BCUT2D eigenvalue weighted by Crippen LogP contribution is -2.29. The highest BCUT2D eigenvalue weighted by Gasteiger charge is 2.45. The second-order valence-corrected chi connectivity index (χ2v) is 3.80. The van der Waals surface area contributed by atoms with Gasteiger partial charge in [0.1, 0.15) is 0 Å². The second kappa shape index (κ2) is 3.55. The summed E-state index contributed by atoms with van der Waals surface area (Å²) in [6.07, 6.45) is 1.53. The predicted molar refractivity (Wildman–Crippen MR) is 48.4 cm³/mol. The van der Waals surface area contributed by atoms with Gasteiger partial charge in [-0.2, -0.15) is 0 Å². The fourth-order valence-corrected chi connectivity index (χ4v) is 1.86. The zero-order valence-corrected chi connectivity index (χ0v) is 7.88. The van der Waals surface area contributed by atoms with Crippen molar-refractivity contribution in [2.45, 2.75) is 26.3 Å². The van der Waals surface area contributed by atoms with Gasteiger partial charge < -0.3 is 10.6 Å². The predicted octanol–water partition coefficient (Wildman–Crippen LogP) is 0.921. The van der Waals surface area contributed by atoms with E-state index in [0.29, 0.717) is 0 Å². The first-order valence-electron chi connectivity index (χ1n) is 4.59. The molecule has 1 saturated heterocycles. The van der Waals surface area contributed by atoms with Crippen molar-refractivity contribution in [3.05, 3.63) is 0 Å². The Bertz CT molecular complexity index is 113. The van der Waals surface area contributed by atoms with Crippen LogP contribution in [-0.4, -0.2) is 31.1 Å². The first-order valence-corrected chi connectivity index (χ1v) is 4.59. The number of nitrogens with zero attached hydrogens (tertiary/aromatic N) is 1. The SMILES string of the molecule is CC(C)N1CC2CC2C1.CN. The Hall–Kier alpha value is -0.0800. The molecule has 0 amide bonds. The van der Waals surface area contributed by atoms with E-state index in [1.807, 2.05) is 0 Å². The maximum atomic E-state index is 4.50. The molecule has 1 heterocycles. The van der Waals surface area contributed by atoms with Gasteiger partial charge in [-0.1, -0.05) is 0 Å². The molecule has 2 N–H and O–H groups in total. The average Bonchev–Trinajstić information content (AvgIpc) is 2.63. The van der Waals surface area contributed by atoms with Gasteiger partial charge in [0.05, 0.1) is 0 Å². The van der Waals surface area contributed by atoms with Crippen molar-refractivity contribution in [1.82, 2.24) is 4.90 Å². The molecule has 0 spiro atoms. The van der Waals surface area contributed by atoms with Gasteiger partial charge in [0, 0.05) is 19.1 Å². The summed E-state index contributed by atoms with van der Waals surface area (Å²) >= 11 is 0. The highest BCUT2D eigenvalue weighted by atomic mass is 15.2. The molecule has 0 aromatic rings. The summed E-state index contributed by atoms with van der Waals surface area (Å²) < 4.78 is 0. The summed E-state index contributed by atoms with van der Waals surface area (Å²) in [6, 6.07) is 0.790. The zero-order chi connectivity index (χ0) is 8.43. The number of nitrogens with two attached hydrogens (primary N) is 1. The summed E-state index contributed by atoms with van der Waals surface area (Å²) in [4.78, 5) is 2.60. The van der Waals surface area contributed by atoms with Crippen LogP contribution in [0.5, 0.6) is 0 Å². The van der Waals surface area contributed by atoms with Gasteiger partial charge in [-0.05, 0) is 39.2 Å². The lowest BCUT2D eigenvalue weighted by Gasteiger charge is -2.21. The van der Waals surface area contributed by atoms with Crippen molar-refractivity contribution in [1.29, 1.82) is 0 Å². The summed E-state index contributed by atoms with van der Waals surface area (Å²) in [5.74, 6) is 2.21. The van der Waals surface area contributed by atoms with Crippen molar-refractivity contribution in [2.75, 3.05) is 20.1 Å². The van der Waals surface area contributed by atoms with Crippen LogP contribution >= 0.6 is 0 Å². The first-order chi connectivity index (χ1) is 5.27. The van der Waals surface area contributed by atoms with Gasteiger partial charge in [0.15, 0.2) is 0 Å². The molecule has 2 heteroatoms. The monoisotopic (exact) mass is 156 g/mol. The van der Waals surface area contributed by atoms with E-state index in [0.717, 1.165) is 17.9 Å². The Morgan fingerprint density at radius 2 is 1.64 bits per heavy atom. The van der Waals surface area contributed by atoms with Crippen molar-refractivity contribution >= 4 is 0 Å². The second-order valence-electron chi connectivity index (χ2n) is 3.80. The molecule has 2 fully saturated rings. The maximum absolute atomic E-state index is 4.50. The minimum Gasteiger partial charge on any atom is -0.333 e. The van der Waals surface area contributed by atoms with E-state index in [2.05, 4.69) is 24.5 Å². The number of piperidine rings is 1. The van der Waals surface area contributed by atoms with Crippen LogP contribution < -0.4 is 5.73 Å². The fourth-order valence-electron chi connectivity index (χ4n) is 1.86. The Balaban J connectivity index is 0.000000281. The molecule has 2 nitrogen and oxygen atoms in total. The Kier molecular flexibility index (Phi) is 2.90. The molecule has 2 rings (SSSR count). The molecule has 1 saturated carbocycles. The van der Waals surface area contributed by atoms with Crippen molar-refractivity contribution in [3.8, 4) is 0 Å². The molecular formula is C9H20N2. The number of fused-ring (bicyclic) bond motifs is 1. The van der Waals surface area contributed by atoms with Crippen LogP contribution in [0.4, 0.5) is 0 Å². The molecule has 11 heavy (non-hydrogen) atoms. The van der Waals surface area contributed by atoms with Crippen LogP contribution in [0.3, 0.4) is 0 Å². The Labute approximate surface area is 69.8 Å². The van der Waals surface area contributed by atoms with E-state index >= 15 is 0 Å². The molecule has 0 radical (unpaired) electrons. The van der Waals surface area contributed by atoms with Crippen molar-refractivity contribution < 1.29 is 0 Å². The van der Waals surface area contributed by atoms with Gasteiger partial charge in [-0.3, -0.25) is 0 Å². The van der Waals surface area contributed by atoms with E-state index in [1.165, 1.54) is 26.6 Å². The molecule has 1 aliphatic carbocycles. The molecule has 66 valence electrons. The third-order valence-corrected chi connectivity index (χ3v) is 2.74. The maximum Gasteiger partial charge on any atom is 0.00388 e. The molecule has 0 aromatic carbocycles. The van der Waals surface area contributed by atoms with E-state index in [1.54, 1.807) is 0 Å². The number of likely N-dealkylation sites (tertiary alicyclic amines) is 1. The van der Waals surface area contributed by atoms with Crippen LogP contribution in [0.2, 0.25) is 0 Å². The van der Waals surface area contributed by atoms with Gasteiger partial charge in [-0.15, -0.1) is 0 Å². The van der Waals surface area contributed by atoms with Crippen LogP contribution in [0, 0.1) is 11.8 Å². The van der Waals surface area contributed by atoms with E-state index in [-0.39, 0.29) is 0 Å². The summed E-state index contributed by atoms with van der Waals surface area (Å²) in [5, 5.41) is 0. The van der Waals surface area contributed by atoms with Gasteiger partial charge >= 0.3 is 0 Å². The molecule has 2 aliphatic rings. The summed E-state index contributed by atoms with van der Waals surface area (Å²) in [5.41, 5.74) is 4.50. The van der Waals surface area contributed by atoms with Gasteiger partial charge in [0.2, 0.25) is 0 Å². The highest BCUT2D eigenvalue weighted by Crippen LogP contribution is 2.45. The normalized spacial score (nSPS) is 34.6. The third kappa shape index (κ3) is 1.94. The molecule has 2 unspecified atom stereocenters. The van der Waals surface area contributed by atoms with Crippen molar-refractivity contribution in [2.24, 2.45) is 17.6 Å². The van der Waals surface area contributed by atoms with E-state index < -0.39 is 0 Å². The van der Waals surface area contributed by atoms with Gasteiger partial charge in [-0.25, -0.2) is 0 Å². The van der Waals surface area contributed by atoms with Crippen LogP contribution in [0.25, 0.3) is 0 Å². The summed E-state index contributed by atoms with van der Waals surface area (Å²) in [6.45, 7) is 7.38. The van der Waals surface area contributed by atoms with Crippen LogP contribution in [-0.2, 0) is 0 Å².